The third-order valence-electron chi connectivity index (χ3n) is 9.28. The fourth-order valence-electron chi connectivity index (χ4n) is 8.66. The number of carbonyl (C=O) groups is 1. The Morgan fingerprint density at radius 3 is 2.57 bits per heavy atom. The molecule has 3 aliphatic heterocycles. The SMILES string of the molecule is COc1cccc2c1N(C(C)=O)C13CCC4(CC1)C(OC)CCN1CCC23C14. The molecule has 0 radical (unpaired) electrons. The molecule has 2 bridgehead atoms. The minimum absolute atomic E-state index is 0.0102. The van der Waals surface area contributed by atoms with E-state index in [0.29, 0.717) is 12.1 Å². The van der Waals surface area contributed by atoms with E-state index in [2.05, 4.69) is 21.9 Å². The molecule has 5 heteroatoms. The molecule has 0 N–H and O–H groups in total. The van der Waals surface area contributed by atoms with Crippen LogP contribution in [0.1, 0.15) is 51.0 Å². The maximum atomic E-state index is 13.1. The summed E-state index contributed by atoms with van der Waals surface area (Å²) >= 11 is 0. The zero-order valence-corrected chi connectivity index (χ0v) is 17.2. The topological polar surface area (TPSA) is 42.0 Å². The lowest BCUT2D eigenvalue weighted by atomic mass is 9.41. The van der Waals surface area contributed by atoms with Crippen molar-refractivity contribution in [2.45, 2.75) is 68.5 Å². The summed E-state index contributed by atoms with van der Waals surface area (Å²) in [6.45, 7) is 3.99. The van der Waals surface area contributed by atoms with Crippen LogP contribution in [-0.4, -0.2) is 55.8 Å². The molecule has 3 saturated carbocycles. The maximum Gasteiger partial charge on any atom is 0.224 e. The first-order valence-electron chi connectivity index (χ1n) is 10.8. The standard InChI is InChI=1S/C23H30N2O3/c1-15(26)25-19-16(5-4-6-17(19)27-2)23-12-14-24-13-7-18(28-3)21(20(23)24)8-10-22(23,25)11-9-21/h4-6,18,20H,7-14H2,1-3H3. The van der Waals surface area contributed by atoms with Crippen molar-refractivity contribution in [2.75, 3.05) is 32.2 Å². The second-order valence-electron chi connectivity index (χ2n) is 9.65. The van der Waals surface area contributed by atoms with E-state index >= 15 is 0 Å². The van der Waals surface area contributed by atoms with Gasteiger partial charge in [-0.2, -0.15) is 0 Å². The predicted molar refractivity (Wildman–Crippen MR) is 107 cm³/mol. The van der Waals surface area contributed by atoms with Crippen LogP contribution in [0.3, 0.4) is 0 Å². The van der Waals surface area contributed by atoms with Gasteiger partial charge in [0.2, 0.25) is 5.91 Å². The normalized spacial score (nSPS) is 42.9. The number of ether oxygens (including phenoxy) is 2. The molecule has 5 fully saturated rings. The van der Waals surface area contributed by atoms with Crippen LogP contribution < -0.4 is 9.64 Å². The van der Waals surface area contributed by atoms with Gasteiger partial charge < -0.3 is 14.4 Å². The number of nitrogens with zero attached hydrogens (tertiary/aromatic N) is 2. The number of piperidine rings is 1. The highest BCUT2D eigenvalue weighted by atomic mass is 16.5. The quantitative estimate of drug-likeness (QED) is 0.788. The summed E-state index contributed by atoms with van der Waals surface area (Å²) in [6, 6.07) is 6.90. The van der Waals surface area contributed by atoms with E-state index < -0.39 is 0 Å². The van der Waals surface area contributed by atoms with E-state index in [1.807, 2.05) is 13.2 Å². The van der Waals surface area contributed by atoms with Gasteiger partial charge in [0, 0.05) is 37.5 Å². The molecule has 150 valence electrons. The molecule has 2 saturated heterocycles. The summed E-state index contributed by atoms with van der Waals surface area (Å²) in [4.78, 5) is 18.0. The van der Waals surface area contributed by atoms with E-state index in [0.717, 1.165) is 63.1 Å². The van der Waals surface area contributed by atoms with Gasteiger partial charge in [-0.15, -0.1) is 0 Å². The number of hydrogen-bond donors (Lipinski definition) is 0. The van der Waals surface area contributed by atoms with Crippen LogP contribution in [0.2, 0.25) is 0 Å². The molecule has 1 amide bonds. The first kappa shape index (κ1) is 17.3. The molecule has 1 aromatic carbocycles. The summed E-state index contributed by atoms with van der Waals surface area (Å²) < 4.78 is 11.9. The van der Waals surface area contributed by atoms with E-state index in [1.165, 1.54) is 5.56 Å². The highest BCUT2D eigenvalue weighted by molar-refractivity contribution is 5.99. The van der Waals surface area contributed by atoms with Crippen molar-refractivity contribution in [3.05, 3.63) is 23.8 Å². The van der Waals surface area contributed by atoms with Gasteiger partial charge in [-0.1, -0.05) is 12.1 Å². The highest BCUT2D eigenvalue weighted by Crippen LogP contribution is 2.75. The number of hydrogen-bond acceptors (Lipinski definition) is 4. The average molecular weight is 383 g/mol. The number of fused-ring (bicyclic) bond motifs is 3. The Balaban J connectivity index is 1.67. The van der Waals surface area contributed by atoms with Gasteiger partial charge in [0.25, 0.3) is 0 Å². The Hall–Kier alpha value is -1.59. The third kappa shape index (κ3) is 1.57. The Morgan fingerprint density at radius 1 is 1.11 bits per heavy atom. The fourth-order valence-corrected chi connectivity index (χ4v) is 8.66. The summed E-state index contributed by atoms with van der Waals surface area (Å²) in [6.07, 6.45) is 7.09. The number of rotatable bonds is 2. The predicted octanol–water partition coefficient (Wildman–Crippen LogP) is 3.11. The van der Waals surface area contributed by atoms with Crippen molar-refractivity contribution < 1.29 is 14.3 Å². The van der Waals surface area contributed by atoms with Gasteiger partial charge in [0.05, 0.1) is 24.4 Å². The molecule has 3 atom stereocenters. The van der Waals surface area contributed by atoms with Crippen LogP contribution in [0.15, 0.2) is 18.2 Å². The lowest BCUT2D eigenvalue weighted by Crippen LogP contribution is -2.77. The van der Waals surface area contributed by atoms with Crippen LogP contribution in [-0.2, 0) is 14.9 Å². The zero-order chi connectivity index (χ0) is 19.3. The molecule has 28 heavy (non-hydrogen) atoms. The number of methoxy groups -OCH3 is 2. The number of amides is 1. The molecule has 3 aliphatic carbocycles. The van der Waals surface area contributed by atoms with Gasteiger partial charge in [-0.25, -0.2) is 0 Å². The summed E-state index contributed by atoms with van der Waals surface area (Å²) in [5.74, 6) is 1.01. The third-order valence-corrected chi connectivity index (χ3v) is 9.28. The molecule has 5 nitrogen and oxygen atoms in total. The molecule has 3 heterocycles. The molecule has 6 aliphatic rings. The van der Waals surface area contributed by atoms with Crippen LogP contribution in [0.4, 0.5) is 5.69 Å². The number of para-hydroxylation sites is 1. The van der Waals surface area contributed by atoms with Crippen molar-refractivity contribution in [1.82, 2.24) is 4.90 Å². The Bertz CT molecular complexity index is 859. The Kier molecular flexibility index (Phi) is 3.28. The van der Waals surface area contributed by atoms with Crippen molar-refractivity contribution in [2.24, 2.45) is 5.41 Å². The minimum Gasteiger partial charge on any atom is -0.495 e. The molecule has 0 aromatic heterocycles. The van der Waals surface area contributed by atoms with Crippen LogP contribution in [0, 0.1) is 5.41 Å². The Morgan fingerprint density at radius 2 is 1.89 bits per heavy atom. The summed E-state index contributed by atoms with van der Waals surface area (Å²) in [7, 11) is 3.63. The smallest absolute Gasteiger partial charge is 0.224 e. The number of benzene rings is 1. The van der Waals surface area contributed by atoms with Crippen molar-refractivity contribution in [3.63, 3.8) is 0 Å². The second kappa shape index (κ2) is 5.31. The minimum atomic E-state index is -0.105. The second-order valence-corrected chi connectivity index (χ2v) is 9.65. The van der Waals surface area contributed by atoms with Crippen LogP contribution in [0.5, 0.6) is 5.75 Å². The maximum absolute atomic E-state index is 13.1. The largest absolute Gasteiger partial charge is 0.495 e. The number of carbonyl (C=O) groups excluding carboxylic acids is 1. The first-order chi connectivity index (χ1) is 13.6. The lowest BCUT2D eigenvalue weighted by molar-refractivity contribution is -0.177. The van der Waals surface area contributed by atoms with Crippen LogP contribution in [0.25, 0.3) is 0 Å². The van der Waals surface area contributed by atoms with Gasteiger partial charge >= 0.3 is 0 Å². The van der Waals surface area contributed by atoms with E-state index in [-0.39, 0.29) is 22.3 Å². The van der Waals surface area contributed by atoms with E-state index in [4.69, 9.17) is 9.47 Å². The molecule has 3 unspecified atom stereocenters. The summed E-state index contributed by atoms with van der Waals surface area (Å²) in [5, 5.41) is 0. The Labute approximate surface area is 167 Å². The fraction of sp³-hybridized carbons (Fsp3) is 0.696. The zero-order valence-electron chi connectivity index (χ0n) is 17.2. The van der Waals surface area contributed by atoms with E-state index in [1.54, 1.807) is 14.0 Å². The van der Waals surface area contributed by atoms with Gasteiger partial charge in [0.15, 0.2) is 0 Å². The van der Waals surface area contributed by atoms with E-state index in [9.17, 15) is 4.79 Å². The lowest BCUT2D eigenvalue weighted by Gasteiger charge is -2.69. The van der Waals surface area contributed by atoms with Gasteiger partial charge in [-0.05, 0) is 56.7 Å². The number of anilines is 1. The molecular weight excluding hydrogens is 352 g/mol. The molecule has 7 rings (SSSR count). The van der Waals surface area contributed by atoms with Crippen molar-refractivity contribution in [3.8, 4) is 5.75 Å². The molecule has 3 spiro atoms. The van der Waals surface area contributed by atoms with Gasteiger partial charge in [-0.3, -0.25) is 9.69 Å². The molecule has 1 aromatic rings. The van der Waals surface area contributed by atoms with Crippen molar-refractivity contribution >= 4 is 11.6 Å². The highest BCUT2D eigenvalue weighted by Gasteiger charge is 2.79. The summed E-state index contributed by atoms with van der Waals surface area (Å²) in [5.41, 5.74) is 2.54. The first-order valence-corrected chi connectivity index (χ1v) is 10.8. The van der Waals surface area contributed by atoms with Crippen LogP contribution >= 0.6 is 0 Å². The molecular formula is C23H30N2O3. The van der Waals surface area contributed by atoms with Crippen molar-refractivity contribution in [1.29, 1.82) is 0 Å². The monoisotopic (exact) mass is 382 g/mol. The average Bonchev–Trinajstić information content (AvgIpc) is 3.24. The van der Waals surface area contributed by atoms with Gasteiger partial charge in [0.1, 0.15) is 5.75 Å².